The van der Waals surface area contributed by atoms with E-state index in [1.807, 2.05) is 30.3 Å². The fourth-order valence-corrected chi connectivity index (χ4v) is 2.97. The standard InChI is InChI=1S/C17H26N2O2/c1-13(12-15-10-6-7-11-18-15)19-16(17(20)21-2)14-8-4-3-5-9-14/h3-5,8-9,13,15-16,18-19H,6-7,10-12H2,1-2H3. The number of ether oxygens (including phenoxy) is 1. The third-order valence-electron chi connectivity index (χ3n) is 4.07. The van der Waals surface area contributed by atoms with Crippen molar-refractivity contribution in [2.45, 2.75) is 50.7 Å². The summed E-state index contributed by atoms with van der Waals surface area (Å²) < 4.78 is 4.94. The van der Waals surface area contributed by atoms with Crippen LogP contribution >= 0.6 is 0 Å². The number of nitrogens with one attached hydrogen (secondary N) is 2. The summed E-state index contributed by atoms with van der Waals surface area (Å²) in [7, 11) is 1.44. The number of benzene rings is 1. The van der Waals surface area contributed by atoms with Gasteiger partial charge >= 0.3 is 5.97 Å². The van der Waals surface area contributed by atoms with E-state index in [2.05, 4.69) is 17.6 Å². The molecule has 21 heavy (non-hydrogen) atoms. The Hall–Kier alpha value is -1.39. The summed E-state index contributed by atoms with van der Waals surface area (Å²) in [5.74, 6) is -0.232. The highest BCUT2D eigenvalue weighted by Crippen LogP contribution is 2.18. The number of methoxy groups -OCH3 is 1. The summed E-state index contributed by atoms with van der Waals surface area (Å²) in [6.45, 7) is 3.24. The van der Waals surface area contributed by atoms with Crippen LogP contribution in [0, 0.1) is 0 Å². The lowest BCUT2D eigenvalue weighted by molar-refractivity contribution is -0.143. The zero-order chi connectivity index (χ0) is 15.1. The molecule has 1 aromatic rings. The van der Waals surface area contributed by atoms with E-state index in [9.17, 15) is 4.79 Å². The molecule has 1 aliphatic heterocycles. The van der Waals surface area contributed by atoms with Crippen molar-refractivity contribution < 1.29 is 9.53 Å². The molecule has 0 bridgehead atoms. The Kier molecular flexibility index (Phi) is 6.21. The molecular weight excluding hydrogens is 264 g/mol. The summed E-state index contributed by atoms with van der Waals surface area (Å²) >= 11 is 0. The fraction of sp³-hybridized carbons (Fsp3) is 0.588. The van der Waals surface area contributed by atoms with Crippen molar-refractivity contribution in [1.82, 2.24) is 10.6 Å². The van der Waals surface area contributed by atoms with Gasteiger partial charge in [-0.15, -0.1) is 0 Å². The molecule has 3 atom stereocenters. The molecular formula is C17H26N2O2. The summed E-state index contributed by atoms with van der Waals surface area (Å²) in [5, 5.41) is 6.97. The first kappa shape index (κ1) is 16.0. The van der Waals surface area contributed by atoms with E-state index in [0.717, 1.165) is 18.5 Å². The molecule has 0 radical (unpaired) electrons. The van der Waals surface area contributed by atoms with Crippen LogP contribution < -0.4 is 10.6 Å². The molecule has 1 fully saturated rings. The number of hydrogen-bond donors (Lipinski definition) is 2. The van der Waals surface area contributed by atoms with Crippen LogP contribution in [0.1, 0.15) is 44.2 Å². The summed E-state index contributed by atoms with van der Waals surface area (Å²) in [6, 6.07) is 10.2. The lowest BCUT2D eigenvalue weighted by Gasteiger charge is -2.28. The van der Waals surface area contributed by atoms with Gasteiger partial charge in [0.15, 0.2) is 0 Å². The fourth-order valence-electron chi connectivity index (χ4n) is 2.97. The Bertz CT molecular complexity index is 430. The van der Waals surface area contributed by atoms with E-state index in [0.29, 0.717) is 6.04 Å². The maximum absolute atomic E-state index is 12.0. The SMILES string of the molecule is COC(=O)C(NC(C)CC1CCCCN1)c1ccccc1. The van der Waals surface area contributed by atoms with E-state index >= 15 is 0 Å². The van der Waals surface area contributed by atoms with Crippen LogP contribution in [0.25, 0.3) is 0 Å². The third-order valence-corrected chi connectivity index (χ3v) is 4.07. The van der Waals surface area contributed by atoms with Crippen LogP contribution in [0.5, 0.6) is 0 Å². The van der Waals surface area contributed by atoms with Crippen molar-refractivity contribution in [1.29, 1.82) is 0 Å². The Labute approximate surface area is 127 Å². The Morgan fingerprint density at radius 3 is 2.76 bits per heavy atom. The van der Waals surface area contributed by atoms with Crippen molar-refractivity contribution in [2.24, 2.45) is 0 Å². The summed E-state index contributed by atoms with van der Waals surface area (Å²) in [6.07, 6.45) is 4.82. The second-order valence-electron chi connectivity index (χ2n) is 5.82. The largest absolute Gasteiger partial charge is 0.468 e. The maximum Gasteiger partial charge on any atom is 0.327 e. The Balaban J connectivity index is 1.96. The minimum atomic E-state index is -0.394. The van der Waals surface area contributed by atoms with Crippen LogP contribution in [0.3, 0.4) is 0 Å². The van der Waals surface area contributed by atoms with Crippen LogP contribution in [0.4, 0.5) is 0 Å². The lowest BCUT2D eigenvalue weighted by atomic mass is 9.97. The van der Waals surface area contributed by atoms with Crippen molar-refractivity contribution in [3.63, 3.8) is 0 Å². The number of rotatable bonds is 6. The molecule has 1 aliphatic rings. The van der Waals surface area contributed by atoms with Gasteiger partial charge in [0, 0.05) is 12.1 Å². The van der Waals surface area contributed by atoms with Gasteiger partial charge in [-0.3, -0.25) is 5.32 Å². The van der Waals surface area contributed by atoms with E-state index < -0.39 is 6.04 Å². The first-order valence-electron chi connectivity index (χ1n) is 7.83. The average Bonchev–Trinajstić information content (AvgIpc) is 2.53. The number of hydrogen-bond acceptors (Lipinski definition) is 4. The third kappa shape index (κ3) is 4.83. The van der Waals surface area contributed by atoms with Crippen molar-refractivity contribution >= 4 is 5.97 Å². The van der Waals surface area contributed by atoms with Crippen LogP contribution in [0.2, 0.25) is 0 Å². The minimum absolute atomic E-state index is 0.232. The molecule has 0 aromatic heterocycles. The van der Waals surface area contributed by atoms with Crippen LogP contribution in [-0.4, -0.2) is 31.7 Å². The number of carbonyl (C=O) groups is 1. The minimum Gasteiger partial charge on any atom is -0.468 e. The highest BCUT2D eigenvalue weighted by molar-refractivity contribution is 5.77. The second-order valence-corrected chi connectivity index (χ2v) is 5.82. The van der Waals surface area contributed by atoms with Crippen LogP contribution in [-0.2, 0) is 9.53 Å². The zero-order valence-corrected chi connectivity index (χ0v) is 13.0. The van der Waals surface area contributed by atoms with Gasteiger partial charge in [-0.1, -0.05) is 36.8 Å². The molecule has 1 saturated heterocycles. The normalized spacial score (nSPS) is 21.5. The Morgan fingerprint density at radius 1 is 1.38 bits per heavy atom. The van der Waals surface area contributed by atoms with Crippen LogP contribution in [0.15, 0.2) is 30.3 Å². The first-order valence-corrected chi connectivity index (χ1v) is 7.83. The zero-order valence-electron chi connectivity index (χ0n) is 13.0. The Morgan fingerprint density at radius 2 is 2.14 bits per heavy atom. The van der Waals surface area contributed by atoms with Gasteiger partial charge in [-0.2, -0.15) is 0 Å². The molecule has 1 aromatic carbocycles. The van der Waals surface area contributed by atoms with Gasteiger partial charge in [-0.25, -0.2) is 4.79 Å². The molecule has 116 valence electrons. The summed E-state index contributed by atoms with van der Waals surface area (Å²) in [4.78, 5) is 12.0. The van der Waals surface area contributed by atoms with E-state index in [-0.39, 0.29) is 12.0 Å². The molecule has 0 spiro atoms. The molecule has 2 rings (SSSR count). The number of carbonyl (C=O) groups excluding carboxylic acids is 1. The van der Waals surface area contributed by atoms with E-state index in [4.69, 9.17) is 4.74 Å². The summed E-state index contributed by atoms with van der Waals surface area (Å²) in [5.41, 5.74) is 0.952. The second kappa shape index (κ2) is 8.15. The topological polar surface area (TPSA) is 50.4 Å². The van der Waals surface area contributed by atoms with Crippen molar-refractivity contribution in [2.75, 3.05) is 13.7 Å². The monoisotopic (exact) mass is 290 g/mol. The quantitative estimate of drug-likeness (QED) is 0.790. The van der Waals surface area contributed by atoms with Gasteiger partial charge in [0.1, 0.15) is 6.04 Å². The van der Waals surface area contributed by atoms with Crippen molar-refractivity contribution in [3.8, 4) is 0 Å². The highest BCUT2D eigenvalue weighted by Gasteiger charge is 2.24. The molecule has 1 heterocycles. The molecule has 3 unspecified atom stereocenters. The van der Waals surface area contributed by atoms with Gasteiger partial charge in [-0.05, 0) is 38.3 Å². The predicted molar refractivity (Wildman–Crippen MR) is 84.1 cm³/mol. The van der Waals surface area contributed by atoms with E-state index in [1.165, 1.54) is 26.4 Å². The van der Waals surface area contributed by atoms with Gasteiger partial charge in [0.05, 0.1) is 7.11 Å². The van der Waals surface area contributed by atoms with Gasteiger partial charge < -0.3 is 10.1 Å². The molecule has 0 aliphatic carbocycles. The molecule has 4 heteroatoms. The van der Waals surface area contributed by atoms with Crippen molar-refractivity contribution in [3.05, 3.63) is 35.9 Å². The predicted octanol–water partition coefficient (Wildman–Crippen LogP) is 2.41. The maximum atomic E-state index is 12.0. The van der Waals surface area contributed by atoms with E-state index in [1.54, 1.807) is 0 Å². The molecule has 0 saturated carbocycles. The van der Waals surface area contributed by atoms with Gasteiger partial charge in [0.25, 0.3) is 0 Å². The lowest BCUT2D eigenvalue weighted by Crippen LogP contribution is -2.42. The highest BCUT2D eigenvalue weighted by atomic mass is 16.5. The first-order chi connectivity index (χ1) is 10.2. The average molecular weight is 290 g/mol. The van der Waals surface area contributed by atoms with Gasteiger partial charge in [0.2, 0.25) is 0 Å². The number of piperidine rings is 1. The molecule has 4 nitrogen and oxygen atoms in total. The smallest absolute Gasteiger partial charge is 0.327 e. The molecule has 2 N–H and O–H groups in total. The number of esters is 1. The molecule has 0 amide bonds.